The number of fused-ring (bicyclic) bond motifs is 1. The first kappa shape index (κ1) is 14.6. The maximum Gasteiger partial charge on any atom is 0.211 e. The molecule has 3 heterocycles. The number of nitrogens with one attached hydrogen (secondary N) is 1. The van der Waals surface area contributed by atoms with Gasteiger partial charge in [-0.05, 0) is 24.1 Å². The molecule has 0 amide bonds. The molecule has 1 aliphatic heterocycles. The van der Waals surface area contributed by atoms with Crippen LogP contribution in [0.5, 0.6) is 0 Å². The van der Waals surface area contributed by atoms with Crippen molar-refractivity contribution in [2.75, 3.05) is 4.90 Å². The topological polar surface area (TPSA) is 57.7 Å². The third-order valence-corrected chi connectivity index (χ3v) is 4.71. The Labute approximate surface area is 141 Å². The fraction of sp³-hybridized carbons (Fsp3) is 0.211. The van der Waals surface area contributed by atoms with Gasteiger partial charge in [0.1, 0.15) is 5.82 Å². The molecule has 0 spiro atoms. The average molecular weight is 317 g/mol. The molecule has 0 bridgehead atoms. The smallest absolute Gasteiger partial charge is 0.211 e. The van der Waals surface area contributed by atoms with Crippen molar-refractivity contribution in [2.24, 2.45) is 0 Å². The number of anilines is 2. The highest BCUT2D eigenvalue weighted by Gasteiger charge is 2.40. The molecule has 1 N–H and O–H groups in total. The number of hydrogen-bond acceptors (Lipinski definition) is 4. The maximum absolute atomic E-state index is 4.41. The first-order chi connectivity index (χ1) is 11.5. The summed E-state index contributed by atoms with van der Waals surface area (Å²) in [6.45, 7) is 10.6. The summed E-state index contributed by atoms with van der Waals surface area (Å²) < 4.78 is 0. The minimum atomic E-state index is -0.148. The Morgan fingerprint density at radius 3 is 2.50 bits per heavy atom. The summed E-state index contributed by atoms with van der Waals surface area (Å²) in [6, 6.07) is 6.44. The number of imidazole rings is 1. The molecule has 1 aliphatic rings. The number of H-pyrrole nitrogens is 1. The quantitative estimate of drug-likeness (QED) is 0.772. The number of aromatic nitrogens is 4. The van der Waals surface area contributed by atoms with Crippen LogP contribution < -0.4 is 4.90 Å². The second kappa shape index (κ2) is 5.03. The molecule has 0 aliphatic carbocycles. The molecule has 2 aromatic heterocycles. The van der Waals surface area contributed by atoms with Crippen LogP contribution in [0, 0.1) is 6.92 Å². The van der Waals surface area contributed by atoms with Crippen molar-refractivity contribution in [1.29, 1.82) is 0 Å². The minimum absolute atomic E-state index is 0.148. The summed E-state index contributed by atoms with van der Waals surface area (Å²) >= 11 is 0. The van der Waals surface area contributed by atoms with Gasteiger partial charge in [-0.2, -0.15) is 0 Å². The Morgan fingerprint density at radius 1 is 1.08 bits per heavy atom. The normalized spacial score (nSPS) is 15.6. The summed E-state index contributed by atoms with van der Waals surface area (Å²) in [6.07, 6.45) is 7.29. The van der Waals surface area contributed by atoms with E-state index < -0.39 is 0 Å². The second-order valence-electron chi connectivity index (χ2n) is 6.57. The Bertz CT molecular complexity index is 907. The van der Waals surface area contributed by atoms with E-state index >= 15 is 0 Å². The van der Waals surface area contributed by atoms with Crippen molar-refractivity contribution in [2.45, 2.75) is 26.2 Å². The fourth-order valence-corrected chi connectivity index (χ4v) is 3.17. The summed E-state index contributed by atoms with van der Waals surface area (Å²) in [5.74, 6) is 1.55. The van der Waals surface area contributed by atoms with Gasteiger partial charge in [0.15, 0.2) is 0 Å². The predicted octanol–water partition coefficient (Wildman–Crippen LogP) is 4.12. The number of aromatic amines is 1. The molecule has 24 heavy (non-hydrogen) atoms. The molecule has 3 aromatic rings. The number of rotatable bonds is 2. The molecule has 1 aromatic carbocycles. The van der Waals surface area contributed by atoms with Crippen molar-refractivity contribution in [3.63, 3.8) is 0 Å². The van der Waals surface area contributed by atoms with Crippen molar-refractivity contribution in [1.82, 2.24) is 19.9 Å². The molecular formula is C19H19N5. The van der Waals surface area contributed by atoms with Crippen LogP contribution >= 0.6 is 0 Å². The highest BCUT2D eigenvalue weighted by Crippen LogP contribution is 2.50. The standard InChI is InChI=1S/C19H19N5/c1-12-19(3,4)16-6-5-14(15-10-22-13(2)23-11-15)9-17(16)24(12)18-20-7-8-21-18/h5-11H,1H2,2-4H3,(H,20,21). The Kier molecular flexibility index (Phi) is 3.06. The second-order valence-corrected chi connectivity index (χ2v) is 6.57. The molecule has 120 valence electrons. The molecule has 0 atom stereocenters. The Morgan fingerprint density at radius 2 is 1.83 bits per heavy atom. The van der Waals surface area contributed by atoms with Crippen LogP contribution in [0.15, 0.2) is 55.3 Å². The van der Waals surface area contributed by atoms with E-state index in [1.807, 2.05) is 25.5 Å². The van der Waals surface area contributed by atoms with E-state index in [1.165, 1.54) is 5.56 Å². The number of hydrogen-bond donors (Lipinski definition) is 1. The van der Waals surface area contributed by atoms with E-state index in [1.54, 1.807) is 6.20 Å². The van der Waals surface area contributed by atoms with Gasteiger partial charge < -0.3 is 4.98 Å². The van der Waals surface area contributed by atoms with Crippen molar-refractivity contribution >= 4 is 11.6 Å². The SMILES string of the molecule is C=C1N(c2ncc[nH]2)c2cc(-c3cnc(C)nc3)ccc2C1(C)C. The van der Waals surface area contributed by atoms with Gasteiger partial charge >= 0.3 is 0 Å². The summed E-state index contributed by atoms with van der Waals surface area (Å²) in [5, 5.41) is 0. The van der Waals surface area contributed by atoms with Crippen LogP contribution in [0.2, 0.25) is 0 Å². The summed E-state index contributed by atoms with van der Waals surface area (Å²) in [4.78, 5) is 18.3. The number of allylic oxidation sites excluding steroid dienone is 1. The lowest BCUT2D eigenvalue weighted by Crippen LogP contribution is -2.22. The molecule has 0 unspecified atom stereocenters. The largest absolute Gasteiger partial charge is 0.330 e. The Hall–Kier alpha value is -2.95. The van der Waals surface area contributed by atoms with Crippen LogP contribution in [0.3, 0.4) is 0 Å². The molecular weight excluding hydrogens is 298 g/mol. The lowest BCUT2D eigenvalue weighted by atomic mass is 9.84. The summed E-state index contributed by atoms with van der Waals surface area (Å²) in [5.41, 5.74) is 5.27. The Balaban J connectivity index is 1.88. The highest BCUT2D eigenvalue weighted by molar-refractivity contribution is 5.81. The van der Waals surface area contributed by atoms with Gasteiger partial charge in [-0.1, -0.05) is 32.6 Å². The van der Waals surface area contributed by atoms with Crippen molar-refractivity contribution < 1.29 is 0 Å². The number of aryl methyl sites for hydroxylation is 1. The van der Waals surface area contributed by atoms with Crippen molar-refractivity contribution in [3.05, 3.63) is 66.7 Å². The van der Waals surface area contributed by atoms with Gasteiger partial charge in [-0.3, -0.25) is 4.90 Å². The molecule has 4 rings (SSSR count). The third kappa shape index (κ3) is 2.05. The van der Waals surface area contributed by atoms with E-state index in [-0.39, 0.29) is 5.41 Å². The zero-order valence-corrected chi connectivity index (χ0v) is 14.0. The zero-order chi connectivity index (χ0) is 16.9. The molecule has 5 heteroatoms. The van der Waals surface area contributed by atoms with Gasteiger partial charge in [0.25, 0.3) is 0 Å². The van der Waals surface area contributed by atoms with Gasteiger partial charge in [-0.15, -0.1) is 0 Å². The van der Waals surface area contributed by atoms with E-state index in [2.05, 4.69) is 63.5 Å². The summed E-state index contributed by atoms with van der Waals surface area (Å²) in [7, 11) is 0. The van der Waals surface area contributed by atoms with Gasteiger partial charge in [0, 0.05) is 41.5 Å². The fourth-order valence-electron chi connectivity index (χ4n) is 3.17. The van der Waals surface area contributed by atoms with E-state index in [0.29, 0.717) is 0 Å². The molecule has 5 nitrogen and oxygen atoms in total. The highest BCUT2D eigenvalue weighted by atomic mass is 15.3. The molecule has 0 radical (unpaired) electrons. The van der Waals surface area contributed by atoms with Crippen molar-refractivity contribution in [3.8, 4) is 11.1 Å². The zero-order valence-electron chi connectivity index (χ0n) is 14.0. The number of benzene rings is 1. The van der Waals surface area contributed by atoms with Crippen LogP contribution in [0.25, 0.3) is 11.1 Å². The maximum atomic E-state index is 4.41. The van der Waals surface area contributed by atoms with Crippen LogP contribution in [-0.2, 0) is 5.41 Å². The van der Waals surface area contributed by atoms with E-state index in [0.717, 1.165) is 34.3 Å². The number of nitrogens with zero attached hydrogens (tertiary/aromatic N) is 4. The lowest BCUT2D eigenvalue weighted by Gasteiger charge is -2.23. The van der Waals surface area contributed by atoms with E-state index in [4.69, 9.17) is 0 Å². The van der Waals surface area contributed by atoms with E-state index in [9.17, 15) is 0 Å². The van der Waals surface area contributed by atoms with Gasteiger partial charge in [0.05, 0.1) is 5.69 Å². The molecule has 0 saturated heterocycles. The molecule has 0 saturated carbocycles. The van der Waals surface area contributed by atoms with Crippen LogP contribution in [0.1, 0.15) is 25.2 Å². The minimum Gasteiger partial charge on any atom is -0.330 e. The predicted molar refractivity (Wildman–Crippen MR) is 95.1 cm³/mol. The van der Waals surface area contributed by atoms with Gasteiger partial charge in [0.2, 0.25) is 5.95 Å². The molecule has 0 fully saturated rings. The lowest BCUT2D eigenvalue weighted by molar-refractivity contribution is 0.645. The first-order valence-electron chi connectivity index (χ1n) is 7.91. The van der Waals surface area contributed by atoms with Gasteiger partial charge in [-0.25, -0.2) is 15.0 Å². The third-order valence-electron chi connectivity index (χ3n) is 4.71. The monoisotopic (exact) mass is 317 g/mol. The average Bonchev–Trinajstić information content (AvgIpc) is 3.15. The van der Waals surface area contributed by atoms with Crippen LogP contribution in [0.4, 0.5) is 11.6 Å². The first-order valence-corrected chi connectivity index (χ1v) is 7.91. The van der Waals surface area contributed by atoms with Crippen LogP contribution in [-0.4, -0.2) is 19.9 Å².